The van der Waals surface area contributed by atoms with Crippen molar-refractivity contribution in [3.8, 4) is 5.88 Å². The maximum absolute atomic E-state index is 13.0. The molecule has 0 bridgehead atoms. The molecule has 6 heteroatoms. The van der Waals surface area contributed by atoms with Gasteiger partial charge in [-0.2, -0.15) is 5.10 Å². The second kappa shape index (κ2) is 9.69. The van der Waals surface area contributed by atoms with Crippen molar-refractivity contribution in [2.45, 2.75) is 20.4 Å². The molecule has 0 aliphatic heterocycles. The Balaban J connectivity index is 1.85. The minimum Gasteiger partial charge on any atom is -0.478 e. The van der Waals surface area contributed by atoms with Crippen LogP contribution in [-0.4, -0.2) is 39.6 Å². The van der Waals surface area contributed by atoms with E-state index >= 15 is 0 Å². The number of nitrogens with one attached hydrogen (secondary N) is 1. The van der Waals surface area contributed by atoms with Crippen molar-refractivity contribution in [1.29, 1.82) is 0 Å². The van der Waals surface area contributed by atoms with E-state index in [1.807, 2.05) is 56.3 Å². The van der Waals surface area contributed by atoms with Gasteiger partial charge in [-0.05, 0) is 37.1 Å². The highest BCUT2D eigenvalue weighted by Gasteiger charge is 2.18. The Morgan fingerprint density at radius 1 is 1.27 bits per heavy atom. The molecule has 2 aromatic heterocycles. The van der Waals surface area contributed by atoms with E-state index < -0.39 is 0 Å². The second-order valence-electron chi connectivity index (χ2n) is 6.87. The van der Waals surface area contributed by atoms with Gasteiger partial charge in [0.05, 0.1) is 18.3 Å². The Morgan fingerprint density at radius 3 is 2.87 bits per heavy atom. The van der Waals surface area contributed by atoms with Gasteiger partial charge in [0.1, 0.15) is 5.69 Å². The SMILES string of the molecule is C=C/C=C\C=C(/C)c1ccc(C(=O)N(C)Cc2cccc3cn[nH]c23)nc1OCC. The number of hydrogen-bond acceptors (Lipinski definition) is 4. The number of carbonyl (C=O) groups excluding carboxylic acids is 1. The normalized spacial score (nSPS) is 11.8. The summed E-state index contributed by atoms with van der Waals surface area (Å²) < 4.78 is 5.72. The molecule has 0 saturated carbocycles. The lowest BCUT2D eigenvalue weighted by molar-refractivity contribution is 0.0778. The number of pyridine rings is 1. The highest BCUT2D eigenvalue weighted by molar-refractivity contribution is 5.93. The molecule has 6 nitrogen and oxygen atoms in total. The van der Waals surface area contributed by atoms with Crippen molar-refractivity contribution in [2.75, 3.05) is 13.7 Å². The van der Waals surface area contributed by atoms with E-state index in [1.54, 1.807) is 30.3 Å². The zero-order valence-electron chi connectivity index (χ0n) is 17.6. The molecule has 0 unspecified atom stereocenters. The van der Waals surface area contributed by atoms with E-state index in [0.29, 0.717) is 24.7 Å². The van der Waals surface area contributed by atoms with E-state index in [0.717, 1.165) is 27.6 Å². The van der Waals surface area contributed by atoms with Crippen LogP contribution in [0.5, 0.6) is 5.88 Å². The number of aromatic nitrogens is 3. The Kier molecular flexibility index (Phi) is 6.80. The van der Waals surface area contributed by atoms with E-state index in [9.17, 15) is 4.79 Å². The number of allylic oxidation sites excluding steroid dienone is 5. The smallest absolute Gasteiger partial charge is 0.272 e. The van der Waals surface area contributed by atoms with Crippen molar-refractivity contribution in [3.63, 3.8) is 0 Å². The summed E-state index contributed by atoms with van der Waals surface area (Å²) >= 11 is 0. The number of benzene rings is 1. The molecule has 0 spiro atoms. The lowest BCUT2D eigenvalue weighted by Crippen LogP contribution is -2.27. The van der Waals surface area contributed by atoms with E-state index in [-0.39, 0.29) is 5.91 Å². The average molecular weight is 402 g/mol. The van der Waals surface area contributed by atoms with E-state index in [2.05, 4.69) is 21.8 Å². The first kappa shape index (κ1) is 21.0. The highest BCUT2D eigenvalue weighted by Crippen LogP contribution is 2.25. The number of H-pyrrole nitrogens is 1. The summed E-state index contributed by atoms with van der Waals surface area (Å²) in [6.07, 6.45) is 9.20. The zero-order chi connectivity index (χ0) is 21.5. The summed E-state index contributed by atoms with van der Waals surface area (Å²) in [7, 11) is 1.76. The van der Waals surface area contributed by atoms with Crippen LogP contribution in [0.15, 0.2) is 67.4 Å². The molecule has 0 aliphatic rings. The molecule has 1 amide bonds. The van der Waals surface area contributed by atoms with Crippen LogP contribution in [0.1, 0.15) is 35.5 Å². The molecule has 0 saturated heterocycles. The third-order valence-electron chi connectivity index (χ3n) is 4.70. The summed E-state index contributed by atoms with van der Waals surface area (Å²) in [5, 5.41) is 8.10. The number of amides is 1. The molecule has 30 heavy (non-hydrogen) atoms. The second-order valence-corrected chi connectivity index (χ2v) is 6.87. The van der Waals surface area contributed by atoms with Crippen LogP contribution in [0.3, 0.4) is 0 Å². The molecule has 0 atom stereocenters. The Bertz CT molecular complexity index is 1110. The number of hydrogen-bond donors (Lipinski definition) is 1. The summed E-state index contributed by atoms with van der Waals surface area (Å²) in [6, 6.07) is 9.54. The molecule has 154 valence electrons. The molecule has 0 aliphatic carbocycles. The molecule has 3 rings (SSSR count). The van der Waals surface area contributed by atoms with Crippen LogP contribution in [0.4, 0.5) is 0 Å². The number of nitrogens with zero attached hydrogens (tertiary/aromatic N) is 3. The summed E-state index contributed by atoms with van der Waals surface area (Å²) in [6.45, 7) is 8.45. The van der Waals surface area contributed by atoms with Crippen molar-refractivity contribution in [2.24, 2.45) is 0 Å². The van der Waals surface area contributed by atoms with Crippen molar-refractivity contribution >= 4 is 22.4 Å². The van der Waals surface area contributed by atoms with Gasteiger partial charge >= 0.3 is 0 Å². The van der Waals surface area contributed by atoms with Gasteiger partial charge in [-0.25, -0.2) is 4.98 Å². The van der Waals surface area contributed by atoms with Gasteiger partial charge < -0.3 is 9.64 Å². The fraction of sp³-hybridized carbons (Fsp3) is 0.208. The largest absolute Gasteiger partial charge is 0.478 e. The Morgan fingerprint density at radius 2 is 2.10 bits per heavy atom. The molecule has 2 heterocycles. The van der Waals surface area contributed by atoms with Gasteiger partial charge in [-0.3, -0.25) is 9.89 Å². The van der Waals surface area contributed by atoms with Crippen molar-refractivity contribution < 1.29 is 9.53 Å². The maximum atomic E-state index is 13.0. The van der Waals surface area contributed by atoms with E-state index in [4.69, 9.17) is 4.74 Å². The summed E-state index contributed by atoms with van der Waals surface area (Å²) in [5.41, 5.74) is 4.12. The number of ether oxygens (including phenoxy) is 1. The van der Waals surface area contributed by atoms with Gasteiger partial charge in [-0.1, -0.05) is 49.1 Å². The number of para-hydroxylation sites is 1. The minimum absolute atomic E-state index is 0.174. The summed E-state index contributed by atoms with van der Waals surface area (Å²) in [5.74, 6) is 0.278. The molecule has 1 N–H and O–H groups in total. The van der Waals surface area contributed by atoms with Crippen LogP contribution in [-0.2, 0) is 6.54 Å². The maximum Gasteiger partial charge on any atom is 0.272 e. The monoisotopic (exact) mass is 402 g/mol. The van der Waals surface area contributed by atoms with Crippen LogP contribution >= 0.6 is 0 Å². The van der Waals surface area contributed by atoms with E-state index in [1.165, 1.54) is 0 Å². The van der Waals surface area contributed by atoms with Gasteiger partial charge in [0.15, 0.2) is 0 Å². The van der Waals surface area contributed by atoms with Crippen LogP contribution < -0.4 is 4.74 Å². The van der Waals surface area contributed by atoms with Gasteiger partial charge in [0.25, 0.3) is 5.91 Å². The van der Waals surface area contributed by atoms with Crippen molar-refractivity contribution in [3.05, 3.63) is 84.2 Å². The van der Waals surface area contributed by atoms with Crippen molar-refractivity contribution in [1.82, 2.24) is 20.1 Å². The number of rotatable bonds is 8. The Labute approximate surface area is 176 Å². The first-order valence-corrected chi connectivity index (χ1v) is 9.81. The first-order chi connectivity index (χ1) is 14.5. The van der Waals surface area contributed by atoms with Gasteiger partial charge in [-0.15, -0.1) is 0 Å². The lowest BCUT2D eigenvalue weighted by atomic mass is 10.1. The average Bonchev–Trinajstić information content (AvgIpc) is 3.23. The number of aromatic amines is 1. The third kappa shape index (κ3) is 4.66. The molecule has 0 fully saturated rings. The zero-order valence-corrected chi connectivity index (χ0v) is 17.6. The fourth-order valence-electron chi connectivity index (χ4n) is 3.16. The topological polar surface area (TPSA) is 71.1 Å². The van der Waals surface area contributed by atoms with Gasteiger partial charge in [0, 0.05) is 24.5 Å². The minimum atomic E-state index is -0.174. The highest BCUT2D eigenvalue weighted by atomic mass is 16.5. The predicted molar refractivity (Wildman–Crippen MR) is 120 cm³/mol. The first-order valence-electron chi connectivity index (χ1n) is 9.81. The molecular weight excluding hydrogens is 376 g/mol. The fourth-order valence-corrected chi connectivity index (χ4v) is 3.16. The molecule has 1 aromatic carbocycles. The Hall–Kier alpha value is -3.67. The van der Waals surface area contributed by atoms with Crippen LogP contribution in [0.2, 0.25) is 0 Å². The number of fused-ring (bicyclic) bond motifs is 1. The predicted octanol–water partition coefficient (Wildman–Crippen LogP) is 4.77. The standard InChI is InChI=1S/C24H26N4O2/c1-5-7-8-10-17(3)20-13-14-21(26-23(20)30-6-2)24(29)28(4)16-19-12-9-11-18-15-25-27-22(18)19/h5,7-15H,1,6,16H2,2-4H3,(H,25,27)/b8-7-,17-10+. The quantitative estimate of drug-likeness (QED) is 0.551. The van der Waals surface area contributed by atoms with Gasteiger partial charge in [0.2, 0.25) is 5.88 Å². The number of carbonyl (C=O) groups is 1. The van der Waals surface area contributed by atoms with Crippen LogP contribution in [0.25, 0.3) is 16.5 Å². The van der Waals surface area contributed by atoms with Crippen LogP contribution in [0, 0.1) is 0 Å². The molecule has 3 aromatic rings. The summed E-state index contributed by atoms with van der Waals surface area (Å²) in [4.78, 5) is 19.2. The third-order valence-corrected chi connectivity index (χ3v) is 4.70. The molecule has 0 radical (unpaired) electrons. The molecular formula is C24H26N4O2. The lowest BCUT2D eigenvalue weighted by Gasteiger charge is -2.18.